The molecule has 0 aliphatic rings. The third kappa shape index (κ3) is 5.44. The van der Waals surface area contributed by atoms with Gasteiger partial charge in [-0.2, -0.15) is 9.40 Å². The number of carbonyl (C=O) groups is 2. The maximum Gasteiger partial charge on any atom is 0.342 e. The summed E-state index contributed by atoms with van der Waals surface area (Å²) in [5, 5.41) is 6.71. The summed E-state index contributed by atoms with van der Waals surface area (Å²) in [4.78, 5) is 29.0. The first-order valence-corrected chi connectivity index (χ1v) is 11.7. The molecule has 1 aromatic carbocycles. The first-order valence-electron chi connectivity index (χ1n) is 10.3. The van der Waals surface area contributed by atoms with E-state index in [0.29, 0.717) is 24.6 Å². The summed E-state index contributed by atoms with van der Waals surface area (Å²) in [6.45, 7) is 5.33. The number of aromatic nitrogens is 3. The third-order valence-electron chi connectivity index (χ3n) is 4.89. The standard InChI is InChI=1S/C22H25N5O5S/c1-4-26(5-2)33(30,31)18-10-8-9-17(13-18)25-21(28)15-32-22(29)19-14-24-27(16(19)3)20-11-6-7-12-23-20/h6-14H,4-5,15H2,1-3H3,(H,25,28). The highest BCUT2D eigenvalue weighted by atomic mass is 32.2. The lowest BCUT2D eigenvalue weighted by molar-refractivity contribution is -0.119. The summed E-state index contributed by atoms with van der Waals surface area (Å²) in [6, 6.07) is 11.2. The third-order valence-corrected chi connectivity index (χ3v) is 6.94. The van der Waals surface area contributed by atoms with Crippen molar-refractivity contribution < 1.29 is 22.7 Å². The highest BCUT2D eigenvalue weighted by molar-refractivity contribution is 7.89. The molecule has 3 aromatic rings. The monoisotopic (exact) mass is 471 g/mol. The van der Waals surface area contributed by atoms with Gasteiger partial charge < -0.3 is 10.1 Å². The first-order chi connectivity index (χ1) is 15.8. The SMILES string of the molecule is CCN(CC)S(=O)(=O)c1cccc(NC(=O)COC(=O)c2cnn(-c3ccccn3)c2C)c1. The van der Waals surface area contributed by atoms with Crippen molar-refractivity contribution >= 4 is 27.6 Å². The maximum absolute atomic E-state index is 12.7. The van der Waals surface area contributed by atoms with Gasteiger partial charge >= 0.3 is 5.97 Å². The minimum atomic E-state index is -3.66. The van der Waals surface area contributed by atoms with Gasteiger partial charge in [0.1, 0.15) is 5.56 Å². The molecule has 0 aliphatic carbocycles. The average molecular weight is 472 g/mol. The summed E-state index contributed by atoms with van der Waals surface area (Å²) >= 11 is 0. The van der Waals surface area contributed by atoms with E-state index >= 15 is 0 Å². The lowest BCUT2D eigenvalue weighted by atomic mass is 10.2. The normalized spacial score (nSPS) is 11.4. The number of rotatable bonds is 9. The molecule has 0 radical (unpaired) electrons. The Labute approximate surface area is 192 Å². The fourth-order valence-electron chi connectivity index (χ4n) is 3.17. The van der Waals surface area contributed by atoms with Gasteiger partial charge in [0.05, 0.1) is 16.8 Å². The topological polar surface area (TPSA) is 123 Å². The largest absolute Gasteiger partial charge is 0.452 e. The van der Waals surface area contributed by atoms with Gasteiger partial charge in [0.15, 0.2) is 12.4 Å². The molecule has 0 aliphatic heterocycles. The van der Waals surface area contributed by atoms with E-state index in [1.807, 2.05) is 0 Å². The lowest BCUT2D eigenvalue weighted by Crippen LogP contribution is -2.30. The number of nitrogens with zero attached hydrogens (tertiary/aromatic N) is 4. The quantitative estimate of drug-likeness (QED) is 0.475. The number of nitrogens with one attached hydrogen (secondary N) is 1. The summed E-state index contributed by atoms with van der Waals surface area (Å²) in [5.41, 5.74) is 1.01. The van der Waals surface area contributed by atoms with Gasteiger partial charge in [-0.1, -0.05) is 26.0 Å². The minimum absolute atomic E-state index is 0.0681. The second kappa shape index (κ2) is 10.4. The van der Waals surface area contributed by atoms with Crippen molar-refractivity contribution in [2.75, 3.05) is 25.0 Å². The highest BCUT2D eigenvalue weighted by Gasteiger charge is 2.22. The Bertz CT molecular complexity index is 1240. The zero-order valence-electron chi connectivity index (χ0n) is 18.6. The van der Waals surface area contributed by atoms with Crippen molar-refractivity contribution in [2.24, 2.45) is 0 Å². The van der Waals surface area contributed by atoms with Gasteiger partial charge in [0, 0.05) is 25.0 Å². The average Bonchev–Trinajstić information content (AvgIpc) is 3.20. The van der Waals surface area contributed by atoms with Gasteiger partial charge in [0.25, 0.3) is 5.91 Å². The van der Waals surface area contributed by atoms with E-state index in [2.05, 4.69) is 15.4 Å². The number of benzene rings is 1. The maximum atomic E-state index is 12.7. The molecule has 0 unspecified atom stereocenters. The molecule has 1 N–H and O–H groups in total. The van der Waals surface area contributed by atoms with Crippen LogP contribution >= 0.6 is 0 Å². The summed E-state index contributed by atoms with van der Waals surface area (Å²) < 4.78 is 33.3. The summed E-state index contributed by atoms with van der Waals surface area (Å²) in [6.07, 6.45) is 2.97. The van der Waals surface area contributed by atoms with Gasteiger partial charge in [-0.25, -0.2) is 22.9 Å². The van der Waals surface area contributed by atoms with Crippen molar-refractivity contribution in [2.45, 2.75) is 25.7 Å². The van der Waals surface area contributed by atoms with Crippen molar-refractivity contribution in [1.82, 2.24) is 19.1 Å². The zero-order chi connectivity index (χ0) is 24.0. The van der Waals surface area contributed by atoms with Crippen LogP contribution in [0.1, 0.15) is 29.9 Å². The van der Waals surface area contributed by atoms with E-state index in [1.54, 1.807) is 51.2 Å². The van der Waals surface area contributed by atoms with Crippen LogP contribution in [-0.4, -0.2) is 59.1 Å². The smallest absolute Gasteiger partial charge is 0.342 e. The van der Waals surface area contributed by atoms with E-state index in [9.17, 15) is 18.0 Å². The van der Waals surface area contributed by atoms with E-state index in [1.165, 1.54) is 33.4 Å². The van der Waals surface area contributed by atoms with E-state index < -0.39 is 28.5 Å². The molecule has 0 saturated carbocycles. The summed E-state index contributed by atoms with van der Waals surface area (Å²) in [7, 11) is -3.66. The Hall–Kier alpha value is -3.57. The van der Waals surface area contributed by atoms with Crippen molar-refractivity contribution in [1.29, 1.82) is 0 Å². The van der Waals surface area contributed by atoms with E-state index in [4.69, 9.17) is 4.74 Å². The van der Waals surface area contributed by atoms with Gasteiger partial charge in [-0.3, -0.25) is 4.79 Å². The number of hydrogen-bond acceptors (Lipinski definition) is 7. The molecule has 0 spiro atoms. The molecular weight excluding hydrogens is 446 g/mol. The minimum Gasteiger partial charge on any atom is -0.452 e. The Morgan fingerprint density at radius 3 is 2.55 bits per heavy atom. The van der Waals surface area contributed by atoms with E-state index in [-0.39, 0.29) is 16.1 Å². The van der Waals surface area contributed by atoms with Gasteiger partial charge in [0.2, 0.25) is 10.0 Å². The predicted octanol–water partition coefficient (Wildman–Crippen LogP) is 2.40. The second-order valence-corrected chi connectivity index (χ2v) is 8.92. The molecule has 174 valence electrons. The number of esters is 1. The van der Waals surface area contributed by atoms with Crippen LogP contribution in [0.4, 0.5) is 5.69 Å². The number of hydrogen-bond donors (Lipinski definition) is 1. The fraction of sp³-hybridized carbons (Fsp3) is 0.273. The molecule has 1 amide bonds. The van der Waals surface area contributed by atoms with Crippen LogP contribution < -0.4 is 5.32 Å². The number of ether oxygens (including phenoxy) is 1. The van der Waals surface area contributed by atoms with Crippen LogP contribution in [0.5, 0.6) is 0 Å². The molecule has 0 atom stereocenters. The van der Waals surface area contributed by atoms with Gasteiger partial charge in [-0.15, -0.1) is 0 Å². The molecule has 2 aromatic heterocycles. The van der Waals surface area contributed by atoms with Crippen LogP contribution in [0.15, 0.2) is 59.8 Å². The Morgan fingerprint density at radius 1 is 1.12 bits per heavy atom. The predicted molar refractivity (Wildman–Crippen MR) is 122 cm³/mol. The molecule has 3 rings (SSSR count). The zero-order valence-corrected chi connectivity index (χ0v) is 19.4. The number of carbonyl (C=O) groups excluding carboxylic acids is 2. The Balaban J connectivity index is 1.64. The number of amides is 1. The molecule has 10 nitrogen and oxygen atoms in total. The van der Waals surface area contributed by atoms with E-state index in [0.717, 1.165) is 0 Å². The lowest BCUT2D eigenvalue weighted by Gasteiger charge is -2.18. The van der Waals surface area contributed by atoms with Crippen LogP contribution in [0, 0.1) is 6.92 Å². The highest BCUT2D eigenvalue weighted by Crippen LogP contribution is 2.19. The van der Waals surface area contributed by atoms with Crippen LogP contribution in [0.25, 0.3) is 5.82 Å². The molecule has 2 heterocycles. The van der Waals surface area contributed by atoms with Crippen molar-refractivity contribution in [3.05, 3.63) is 66.1 Å². The first kappa shape index (κ1) is 24.1. The van der Waals surface area contributed by atoms with Gasteiger partial charge in [-0.05, 0) is 37.3 Å². The molecule has 0 saturated heterocycles. The van der Waals surface area contributed by atoms with Crippen molar-refractivity contribution in [3.63, 3.8) is 0 Å². The molecule has 0 fully saturated rings. The molecule has 33 heavy (non-hydrogen) atoms. The van der Waals surface area contributed by atoms with Crippen LogP contribution in [-0.2, 0) is 19.6 Å². The summed E-state index contributed by atoms with van der Waals surface area (Å²) in [5.74, 6) is -0.760. The van der Waals surface area contributed by atoms with Crippen LogP contribution in [0.2, 0.25) is 0 Å². The molecule has 0 bridgehead atoms. The van der Waals surface area contributed by atoms with Crippen molar-refractivity contribution in [3.8, 4) is 5.82 Å². The Morgan fingerprint density at radius 2 is 1.88 bits per heavy atom. The second-order valence-electron chi connectivity index (χ2n) is 6.98. The number of anilines is 1. The number of sulfonamides is 1. The van der Waals surface area contributed by atoms with Crippen LogP contribution in [0.3, 0.4) is 0 Å². The fourth-order valence-corrected chi connectivity index (χ4v) is 4.68. The molecule has 11 heteroatoms. The molecular formula is C22H25N5O5S. The number of pyridine rings is 1. The Kier molecular flexibility index (Phi) is 7.56.